The molecule has 4 atom stereocenters. The fourth-order valence-electron chi connectivity index (χ4n) is 5.11. The van der Waals surface area contributed by atoms with Crippen molar-refractivity contribution in [3.8, 4) is 0 Å². The average Bonchev–Trinajstić information content (AvgIpc) is 3.25. The van der Waals surface area contributed by atoms with Crippen LogP contribution in [0.3, 0.4) is 0 Å². The van der Waals surface area contributed by atoms with E-state index < -0.39 is 5.60 Å². The van der Waals surface area contributed by atoms with Crippen LogP contribution in [0.2, 0.25) is 0 Å². The molecule has 1 aliphatic heterocycles. The summed E-state index contributed by atoms with van der Waals surface area (Å²) in [4.78, 5) is 2.56. The average molecular weight is 311 g/mol. The van der Waals surface area contributed by atoms with Crippen molar-refractivity contribution in [2.24, 2.45) is 17.8 Å². The molecule has 0 unspecified atom stereocenters. The molecule has 2 bridgehead atoms. The second-order valence-corrected chi connectivity index (χ2v) is 7.83. The molecule has 1 aromatic rings. The molecule has 2 nitrogen and oxygen atoms in total. The van der Waals surface area contributed by atoms with Gasteiger partial charge in [-0.25, -0.2) is 0 Å². The fourth-order valence-corrected chi connectivity index (χ4v) is 5.11. The highest BCUT2D eigenvalue weighted by Crippen LogP contribution is 2.52. The van der Waals surface area contributed by atoms with Crippen LogP contribution in [0.5, 0.6) is 0 Å². The predicted molar refractivity (Wildman–Crippen MR) is 94.1 cm³/mol. The first-order valence-corrected chi connectivity index (χ1v) is 9.44. The van der Waals surface area contributed by atoms with E-state index in [1.54, 1.807) is 0 Å². The van der Waals surface area contributed by atoms with Crippen molar-refractivity contribution in [2.75, 3.05) is 19.6 Å². The number of nitrogens with zero attached hydrogens (tertiary/aromatic N) is 1. The van der Waals surface area contributed by atoms with Crippen molar-refractivity contribution < 1.29 is 5.11 Å². The summed E-state index contributed by atoms with van der Waals surface area (Å²) in [7, 11) is 0. The first kappa shape index (κ1) is 15.4. The molecule has 23 heavy (non-hydrogen) atoms. The molecule has 0 spiro atoms. The van der Waals surface area contributed by atoms with Crippen molar-refractivity contribution in [3.05, 3.63) is 48.0 Å². The first-order valence-electron chi connectivity index (χ1n) is 9.44. The lowest BCUT2D eigenvalue weighted by Crippen LogP contribution is -2.42. The Bertz CT molecular complexity index is 548. The molecule has 2 heteroatoms. The minimum Gasteiger partial charge on any atom is -0.385 e. The smallest absolute Gasteiger partial charge is 0.0942 e. The Labute approximate surface area is 140 Å². The number of hydrogen-bond acceptors (Lipinski definition) is 2. The second kappa shape index (κ2) is 6.41. The van der Waals surface area contributed by atoms with Crippen LogP contribution in [0.25, 0.3) is 0 Å². The molecule has 0 radical (unpaired) electrons. The van der Waals surface area contributed by atoms with Gasteiger partial charge in [-0.2, -0.15) is 0 Å². The molecule has 1 heterocycles. The summed E-state index contributed by atoms with van der Waals surface area (Å²) in [5.74, 6) is 1.67. The number of piperidine rings is 1. The number of fused-ring (bicyclic) bond motifs is 2. The molecule has 1 saturated heterocycles. The lowest BCUT2D eigenvalue weighted by Gasteiger charge is -2.40. The molecule has 2 fully saturated rings. The first-order chi connectivity index (χ1) is 11.3. The molecule has 2 aliphatic carbocycles. The maximum atomic E-state index is 11.8. The number of likely N-dealkylation sites (tertiary alicyclic amines) is 1. The summed E-state index contributed by atoms with van der Waals surface area (Å²) in [6, 6.07) is 10.5. The topological polar surface area (TPSA) is 23.5 Å². The SMILES string of the molecule is O[C@](CCN1CCCCC1)(c1ccccc1)[C@@H]1C[C@H]2C=C[C@H]1C2. The van der Waals surface area contributed by atoms with Crippen LogP contribution in [0.4, 0.5) is 0 Å². The van der Waals surface area contributed by atoms with Gasteiger partial charge >= 0.3 is 0 Å². The van der Waals surface area contributed by atoms with Crippen molar-refractivity contribution in [2.45, 2.75) is 44.1 Å². The van der Waals surface area contributed by atoms with Crippen LogP contribution in [0, 0.1) is 17.8 Å². The Morgan fingerprint density at radius 2 is 1.78 bits per heavy atom. The van der Waals surface area contributed by atoms with E-state index in [1.807, 2.05) is 0 Å². The summed E-state index contributed by atoms with van der Waals surface area (Å²) >= 11 is 0. The van der Waals surface area contributed by atoms with Crippen molar-refractivity contribution in [1.29, 1.82) is 0 Å². The van der Waals surface area contributed by atoms with E-state index in [-0.39, 0.29) is 0 Å². The third kappa shape index (κ3) is 2.99. The Morgan fingerprint density at radius 1 is 1.00 bits per heavy atom. The minimum absolute atomic E-state index is 0.393. The van der Waals surface area contributed by atoms with Crippen LogP contribution in [0.1, 0.15) is 44.1 Å². The second-order valence-electron chi connectivity index (χ2n) is 7.83. The zero-order chi connectivity index (χ0) is 15.7. The van der Waals surface area contributed by atoms with E-state index in [4.69, 9.17) is 0 Å². The molecule has 124 valence electrons. The van der Waals surface area contributed by atoms with Crippen molar-refractivity contribution >= 4 is 0 Å². The largest absolute Gasteiger partial charge is 0.385 e. The van der Waals surface area contributed by atoms with E-state index in [2.05, 4.69) is 47.4 Å². The zero-order valence-corrected chi connectivity index (χ0v) is 14.0. The minimum atomic E-state index is -0.664. The van der Waals surface area contributed by atoms with E-state index in [1.165, 1.54) is 38.8 Å². The highest BCUT2D eigenvalue weighted by molar-refractivity contribution is 5.27. The normalized spacial score (nSPS) is 33.0. The Kier molecular flexibility index (Phi) is 4.29. The Morgan fingerprint density at radius 3 is 2.43 bits per heavy atom. The molecule has 3 aliphatic rings. The van der Waals surface area contributed by atoms with E-state index in [0.717, 1.165) is 24.9 Å². The molecule has 1 aromatic carbocycles. The van der Waals surface area contributed by atoms with Gasteiger partial charge in [-0.05, 0) is 68.5 Å². The van der Waals surface area contributed by atoms with Gasteiger partial charge in [-0.15, -0.1) is 0 Å². The molecular weight excluding hydrogens is 282 g/mol. The molecule has 4 rings (SSSR count). The van der Waals surface area contributed by atoms with Gasteiger partial charge in [-0.3, -0.25) is 0 Å². The number of rotatable bonds is 5. The quantitative estimate of drug-likeness (QED) is 0.832. The van der Waals surface area contributed by atoms with Crippen LogP contribution in [0.15, 0.2) is 42.5 Å². The van der Waals surface area contributed by atoms with E-state index in [0.29, 0.717) is 17.8 Å². The van der Waals surface area contributed by atoms with Gasteiger partial charge in [0.15, 0.2) is 0 Å². The third-order valence-electron chi connectivity index (χ3n) is 6.42. The van der Waals surface area contributed by atoms with Gasteiger partial charge in [0.1, 0.15) is 0 Å². The standard InChI is InChI=1S/C21H29NO/c23-21(19-7-3-1-4-8-19,11-14-22-12-5-2-6-13-22)20-16-17-9-10-18(20)15-17/h1,3-4,7-10,17-18,20,23H,2,5-6,11-16H2/t17-,18-,20+,21+/m0/s1. The number of benzene rings is 1. The number of hydrogen-bond donors (Lipinski definition) is 1. The molecule has 1 saturated carbocycles. The van der Waals surface area contributed by atoms with Gasteiger partial charge in [0.2, 0.25) is 0 Å². The fraction of sp³-hybridized carbons (Fsp3) is 0.619. The maximum Gasteiger partial charge on any atom is 0.0942 e. The molecule has 0 aromatic heterocycles. The highest BCUT2D eigenvalue weighted by atomic mass is 16.3. The summed E-state index contributed by atoms with van der Waals surface area (Å²) < 4.78 is 0. The molecule has 1 N–H and O–H groups in total. The summed E-state index contributed by atoms with van der Waals surface area (Å²) in [5, 5.41) is 11.8. The van der Waals surface area contributed by atoms with Crippen LogP contribution in [-0.4, -0.2) is 29.6 Å². The van der Waals surface area contributed by atoms with Gasteiger partial charge < -0.3 is 10.0 Å². The van der Waals surface area contributed by atoms with Crippen molar-refractivity contribution in [1.82, 2.24) is 4.90 Å². The lowest BCUT2D eigenvalue weighted by atomic mass is 9.72. The number of allylic oxidation sites excluding steroid dienone is 2. The Balaban J connectivity index is 1.55. The Hall–Kier alpha value is -1.12. The van der Waals surface area contributed by atoms with Crippen LogP contribution < -0.4 is 0 Å². The number of aliphatic hydroxyl groups is 1. The van der Waals surface area contributed by atoms with Gasteiger partial charge in [0, 0.05) is 6.54 Å². The molecular formula is C21H29NO. The van der Waals surface area contributed by atoms with Crippen molar-refractivity contribution in [3.63, 3.8) is 0 Å². The lowest BCUT2D eigenvalue weighted by molar-refractivity contribution is -0.0495. The maximum absolute atomic E-state index is 11.8. The molecule has 0 amide bonds. The van der Waals surface area contributed by atoms with E-state index in [9.17, 15) is 5.11 Å². The summed E-state index contributed by atoms with van der Waals surface area (Å²) in [6.45, 7) is 3.45. The van der Waals surface area contributed by atoms with Gasteiger partial charge in [-0.1, -0.05) is 48.9 Å². The summed E-state index contributed by atoms with van der Waals surface area (Å²) in [6.07, 6.45) is 12.0. The monoisotopic (exact) mass is 311 g/mol. The van der Waals surface area contributed by atoms with E-state index >= 15 is 0 Å². The third-order valence-corrected chi connectivity index (χ3v) is 6.42. The zero-order valence-electron chi connectivity index (χ0n) is 14.0. The van der Waals surface area contributed by atoms with Crippen LogP contribution >= 0.6 is 0 Å². The van der Waals surface area contributed by atoms with Gasteiger partial charge in [0.05, 0.1) is 5.60 Å². The summed E-state index contributed by atoms with van der Waals surface area (Å²) in [5.41, 5.74) is 0.464. The van der Waals surface area contributed by atoms with Gasteiger partial charge in [0.25, 0.3) is 0 Å². The highest BCUT2D eigenvalue weighted by Gasteiger charge is 2.48. The van der Waals surface area contributed by atoms with Crippen LogP contribution in [-0.2, 0) is 5.60 Å². The predicted octanol–water partition coefficient (Wildman–Crippen LogP) is 3.96.